The second-order valence-corrected chi connectivity index (χ2v) is 14.6. The van der Waals surface area contributed by atoms with Gasteiger partial charge in [0.1, 0.15) is 6.10 Å². The van der Waals surface area contributed by atoms with Gasteiger partial charge in [0, 0.05) is 27.9 Å². The lowest BCUT2D eigenvalue weighted by Gasteiger charge is -2.47. The van der Waals surface area contributed by atoms with E-state index in [0.717, 1.165) is 0 Å². The Balaban J connectivity index is 3.36. The molecule has 0 N–H and O–H groups in total. The fourth-order valence-corrected chi connectivity index (χ4v) is 10.4. The van der Waals surface area contributed by atoms with Gasteiger partial charge >= 0.3 is 17.9 Å². The standard InChI is InChI=1S/C22H40O9Si/c1-12(2)32(13(3)4,14(5)6)27-11-18-19(28-15(7)23)20(29-16(8)24)21(30-17(9)25)22(26-10)31-18/h12-14,18-22H,11H2,1-10H3/t18?,19-,20-,21?,22+/m1/s1. The van der Waals surface area contributed by atoms with Crippen molar-refractivity contribution >= 4 is 26.2 Å². The highest BCUT2D eigenvalue weighted by Gasteiger charge is 2.53. The van der Waals surface area contributed by atoms with Crippen LogP contribution in [0.3, 0.4) is 0 Å². The Morgan fingerprint density at radius 2 is 1.16 bits per heavy atom. The minimum absolute atomic E-state index is 0.114. The average Bonchev–Trinajstić information content (AvgIpc) is 2.64. The van der Waals surface area contributed by atoms with Gasteiger partial charge in [0.05, 0.1) is 6.61 Å². The van der Waals surface area contributed by atoms with Gasteiger partial charge in [-0.1, -0.05) is 41.5 Å². The minimum atomic E-state index is -2.26. The molecule has 1 fully saturated rings. The van der Waals surface area contributed by atoms with Gasteiger partial charge in [-0.05, 0) is 16.6 Å². The normalized spacial score (nSPS) is 26.3. The summed E-state index contributed by atoms with van der Waals surface area (Å²) in [5.41, 5.74) is 0.985. The van der Waals surface area contributed by atoms with Gasteiger partial charge in [-0.25, -0.2) is 0 Å². The van der Waals surface area contributed by atoms with Crippen LogP contribution in [0.4, 0.5) is 0 Å². The lowest BCUT2D eigenvalue weighted by molar-refractivity contribution is -0.301. The molecule has 1 saturated heterocycles. The zero-order chi connectivity index (χ0) is 24.8. The smallest absolute Gasteiger partial charge is 0.303 e. The van der Waals surface area contributed by atoms with E-state index in [1.54, 1.807) is 0 Å². The average molecular weight is 477 g/mol. The molecule has 1 rings (SSSR count). The maximum absolute atomic E-state index is 11.9. The number of esters is 3. The first-order valence-corrected chi connectivity index (χ1v) is 13.3. The van der Waals surface area contributed by atoms with Crippen LogP contribution >= 0.6 is 0 Å². The first kappa shape index (κ1) is 28.5. The monoisotopic (exact) mass is 476 g/mol. The molecule has 0 spiro atoms. The van der Waals surface area contributed by atoms with Crippen LogP contribution in [0.5, 0.6) is 0 Å². The molecule has 32 heavy (non-hydrogen) atoms. The second kappa shape index (κ2) is 12.1. The predicted molar refractivity (Wildman–Crippen MR) is 119 cm³/mol. The van der Waals surface area contributed by atoms with Gasteiger partial charge in [-0.15, -0.1) is 0 Å². The van der Waals surface area contributed by atoms with Crippen molar-refractivity contribution in [1.29, 1.82) is 0 Å². The number of ether oxygens (including phenoxy) is 5. The van der Waals surface area contributed by atoms with Gasteiger partial charge in [0.2, 0.25) is 0 Å². The van der Waals surface area contributed by atoms with Crippen LogP contribution in [0.15, 0.2) is 0 Å². The van der Waals surface area contributed by atoms with E-state index >= 15 is 0 Å². The number of rotatable bonds is 10. The van der Waals surface area contributed by atoms with Gasteiger partial charge < -0.3 is 28.1 Å². The molecular weight excluding hydrogens is 436 g/mol. The van der Waals surface area contributed by atoms with E-state index < -0.39 is 56.9 Å². The molecule has 0 amide bonds. The zero-order valence-corrected chi connectivity index (χ0v) is 22.0. The molecular formula is C22H40O9Si. The van der Waals surface area contributed by atoms with Crippen LogP contribution in [-0.2, 0) is 42.5 Å². The van der Waals surface area contributed by atoms with Crippen molar-refractivity contribution < 1.29 is 42.5 Å². The summed E-state index contributed by atoms with van der Waals surface area (Å²) in [4.78, 5) is 35.5. The van der Waals surface area contributed by atoms with Crippen molar-refractivity contribution in [2.45, 2.75) is 110 Å². The predicted octanol–water partition coefficient (Wildman–Crippen LogP) is 3.34. The summed E-state index contributed by atoms with van der Waals surface area (Å²) in [5, 5.41) is 0. The van der Waals surface area contributed by atoms with E-state index in [2.05, 4.69) is 41.5 Å². The number of methoxy groups -OCH3 is 1. The molecule has 10 heteroatoms. The SMILES string of the molecule is CO[C@H]1OC(CO[Si](C(C)C)(C(C)C)C(C)C)[C@@H](OC(C)=O)[C@@H](OC(C)=O)C1OC(C)=O. The van der Waals surface area contributed by atoms with Crippen molar-refractivity contribution in [2.24, 2.45) is 0 Å². The largest absolute Gasteiger partial charge is 0.456 e. The Hall–Kier alpha value is -1.49. The van der Waals surface area contributed by atoms with E-state index in [-0.39, 0.29) is 6.61 Å². The van der Waals surface area contributed by atoms with Gasteiger partial charge in [0.15, 0.2) is 32.9 Å². The van der Waals surface area contributed by atoms with Crippen LogP contribution in [0.1, 0.15) is 62.3 Å². The first-order valence-electron chi connectivity index (χ1n) is 11.1. The Morgan fingerprint density at radius 3 is 1.53 bits per heavy atom. The third kappa shape index (κ3) is 6.76. The summed E-state index contributed by atoms with van der Waals surface area (Å²) < 4.78 is 34.4. The van der Waals surface area contributed by atoms with E-state index in [1.807, 2.05) is 0 Å². The van der Waals surface area contributed by atoms with E-state index in [4.69, 9.17) is 28.1 Å². The molecule has 0 aromatic rings. The molecule has 0 radical (unpaired) electrons. The molecule has 1 aliphatic rings. The van der Waals surface area contributed by atoms with Crippen LogP contribution < -0.4 is 0 Å². The lowest BCUT2D eigenvalue weighted by Crippen LogP contribution is -2.63. The van der Waals surface area contributed by atoms with Crippen molar-refractivity contribution in [3.63, 3.8) is 0 Å². The van der Waals surface area contributed by atoms with Crippen molar-refractivity contribution in [3.8, 4) is 0 Å². The number of hydrogen-bond donors (Lipinski definition) is 0. The van der Waals surface area contributed by atoms with Crippen molar-refractivity contribution in [1.82, 2.24) is 0 Å². The van der Waals surface area contributed by atoms with E-state index in [0.29, 0.717) is 16.6 Å². The molecule has 2 unspecified atom stereocenters. The first-order chi connectivity index (χ1) is 14.8. The van der Waals surface area contributed by atoms with Crippen molar-refractivity contribution in [3.05, 3.63) is 0 Å². The summed E-state index contributed by atoms with van der Waals surface area (Å²) in [6.07, 6.45) is -5.07. The van der Waals surface area contributed by atoms with Crippen LogP contribution in [-0.4, -0.2) is 70.6 Å². The Bertz CT molecular complexity index is 628. The quantitative estimate of drug-likeness (QED) is 0.266. The molecule has 0 aromatic heterocycles. The van der Waals surface area contributed by atoms with Gasteiger partial charge in [-0.2, -0.15) is 0 Å². The molecule has 9 nitrogen and oxygen atoms in total. The van der Waals surface area contributed by atoms with Crippen molar-refractivity contribution in [2.75, 3.05) is 13.7 Å². The van der Waals surface area contributed by atoms with E-state index in [1.165, 1.54) is 27.9 Å². The maximum Gasteiger partial charge on any atom is 0.303 e. The van der Waals surface area contributed by atoms with Gasteiger partial charge in [-0.3, -0.25) is 14.4 Å². The fourth-order valence-electron chi connectivity index (χ4n) is 4.91. The Kier molecular flexibility index (Phi) is 10.8. The number of hydrogen-bond acceptors (Lipinski definition) is 9. The summed E-state index contributed by atoms with van der Waals surface area (Å²) in [6.45, 7) is 16.8. The maximum atomic E-state index is 11.9. The fraction of sp³-hybridized carbons (Fsp3) is 0.864. The third-order valence-corrected chi connectivity index (χ3v) is 12.0. The lowest BCUT2D eigenvalue weighted by atomic mass is 9.98. The highest BCUT2D eigenvalue weighted by molar-refractivity contribution is 6.77. The molecule has 0 bridgehead atoms. The summed E-state index contributed by atoms with van der Waals surface area (Å²) in [5.74, 6) is -1.81. The second-order valence-electron chi connectivity index (χ2n) is 9.13. The molecule has 1 heterocycles. The Morgan fingerprint density at radius 1 is 0.750 bits per heavy atom. The third-order valence-electron chi connectivity index (χ3n) is 5.93. The molecule has 5 atom stereocenters. The number of carbonyl (C=O) groups is 3. The molecule has 186 valence electrons. The Labute approximate surface area is 192 Å². The summed E-state index contributed by atoms with van der Waals surface area (Å²) in [6, 6.07) is 0. The van der Waals surface area contributed by atoms with Crippen LogP contribution in [0, 0.1) is 0 Å². The zero-order valence-electron chi connectivity index (χ0n) is 21.0. The minimum Gasteiger partial charge on any atom is -0.456 e. The van der Waals surface area contributed by atoms with Crippen LogP contribution in [0.2, 0.25) is 16.6 Å². The topological polar surface area (TPSA) is 107 Å². The van der Waals surface area contributed by atoms with E-state index in [9.17, 15) is 14.4 Å². The summed E-state index contributed by atoms with van der Waals surface area (Å²) >= 11 is 0. The summed E-state index contributed by atoms with van der Waals surface area (Å²) in [7, 11) is -0.871. The van der Waals surface area contributed by atoms with Crippen LogP contribution in [0.25, 0.3) is 0 Å². The van der Waals surface area contributed by atoms with Gasteiger partial charge in [0.25, 0.3) is 0 Å². The highest BCUT2D eigenvalue weighted by atomic mass is 28.4. The molecule has 0 aromatic carbocycles. The highest BCUT2D eigenvalue weighted by Crippen LogP contribution is 2.43. The molecule has 0 aliphatic carbocycles. The molecule has 1 aliphatic heterocycles. The number of carbonyl (C=O) groups excluding carboxylic acids is 3. The molecule has 0 saturated carbocycles.